The molecule has 0 amide bonds. The molecule has 0 saturated carbocycles. The number of halogens is 1. The molecular weight excluding hydrogens is 290 g/mol. The van der Waals surface area contributed by atoms with E-state index in [1.54, 1.807) is 6.07 Å². The SMILES string of the molecule is CC(C)C1CC(N(CC(=O)O)c2cccc(Cl)c2)CCO1. The minimum Gasteiger partial charge on any atom is -0.480 e. The molecule has 0 bridgehead atoms. The molecule has 1 aliphatic rings. The van der Waals surface area contributed by atoms with E-state index in [2.05, 4.69) is 13.8 Å². The van der Waals surface area contributed by atoms with Gasteiger partial charge in [-0.2, -0.15) is 0 Å². The standard InChI is InChI=1S/C16H22ClNO3/c1-11(2)15-9-14(6-7-21-15)18(10-16(19)20)13-5-3-4-12(17)8-13/h3-5,8,11,14-15H,6-7,9-10H2,1-2H3,(H,19,20). The molecule has 1 aliphatic heterocycles. The summed E-state index contributed by atoms with van der Waals surface area (Å²) in [6, 6.07) is 7.55. The lowest BCUT2D eigenvalue weighted by atomic mass is 9.94. The van der Waals surface area contributed by atoms with Gasteiger partial charge in [0, 0.05) is 23.4 Å². The van der Waals surface area contributed by atoms with Gasteiger partial charge in [-0.05, 0) is 37.0 Å². The Morgan fingerprint density at radius 2 is 2.29 bits per heavy atom. The number of nitrogens with zero attached hydrogens (tertiary/aromatic N) is 1. The Balaban J connectivity index is 2.21. The molecule has 1 saturated heterocycles. The van der Waals surface area contributed by atoms with Gasteiger partial charge >= 0.3 is 5.97 Å². The number of carboxylic acid groups (broad SMARTS) is 1. The first-order valence-electron chi connectivity index (χ1n) is 7.33. The van der Waals surface area contributed by atoms with Gasteiger partial charge in [-0.1, -0.05) is 31.5 Å². The third kappa shape index (κ3) is 4.35. The number of aliphatic carboxylic acids is 1. The van der Waals surface area contributed by atoms with Gasteiger partial charge in [-0.15, -0.1) is 0 Å². The molecule has 2 rings (SSSR count). The van der Waals surface area contributed by atoms with Crippen molar-refractivity contribution in [1.82, 2.24) is 0 Å². The van der Waals surface area contributed by atoms with E-state index in [1.165, 1.54) is 0 Å². The first-order chi connectivity index (χ1) is 9.97. The van der Waals surface area contributed by atoms with Crippen LogP contribution in [-0.2, 0) is 9.53 Å². The highest BCUT2D eigenvalue weighted by Crippen LogP contribution is 2.29. The zero-order chi connectivity index (χ0) is 15.4. The molecule has 2 unspecified atom stereocenters. The molecule has 0 aliphatic carbocycles. The zero-order valence-corrected chi connectivity index (χ0v) is 13.2. The van der Waals surface area contributed by atoms with Gasteiger partial charge in [-0.25, -0.2) is 0 Å². The van der Waals surface area contributed by atoms with Gasteiger partial charge in [0.1, 0.15) is 6.54 Å². The first-order valence-corrected chi connectivity index (χ1v) is 7.70. The summed E-state index contributed by atoms with van der Waals surface area (Å²) in [6.07, 6.45) is 1.86. The molecule has 1 heterocycles. The molecule has 1 N–H and O–H groups in total. The summed E-state index contributed by atoms with van der Waals surface area (Å²) in [4.78, 5) is 13.2. The van der Waals surface area contributed by atoms with Gasteiger partial charge in [0.05, 0.1) is 6.10 Å². The average Bonchev–Trinajstić information content (AvgIpc) is 2.44. The summed E-state index contributed by atoms with van der Waals surface area (Å²) < 4.78 is 5.78. The number of carbonyl (C=O) groups is 1. The fourth-order valence-corrected chi connectivity index (χ4v) is 2.97. The van der Waals surface area contributed by atoms with Gasteiger partial charge in [0.25, 0.3) is 0 Å². The molecule has 0 aromatic heterocycles. The number of anilines is 1. The Morgan fingerprint density at radius 1 is 1.52 bits per heavy atom. The minimum atomic E-state index is -0.831. The van der Waals surface area contributed by atoms with E-state index in [4.69, 9.17) is 16.3 Å². The van der Waals surface area contributed by atoms with E-state index >= 15 is 0 Å². The van der Waals surface area contributed by atoms with E-state index in [9.17, 15) is 9.90 Å². The molecule has 116 valence electrons. The second kappa shape index (κ2) is 7.14. The summed E-state index contributed by atoms with van der Waals surface area (Å²) >= 11 is 6.04. The van der Waals surface area contributed by atoms with Crippen molar-refractivity contribution < 1.29 is 14.6 Å². The number of carboxylic acids is 1. The molecule has 1 fully saturated rings. The molecule has 0 radical (unpaired) electrons. The fourth-order valence-electron chi connectivity index (χ4n) is 2.79. The van der Waals surface area contributed by atoms with Crippen molar-refractivity contribution >= 4 is 23.3 Å². The topological polar surface area (TPSA) is 49.8 Å². The highest BCUT2D eigenvalue weighted by Gasteiger charge is 2.30. The minimum absolute atomic E-state index is 0.0180. The highest BCUT2D eigenvalue weighted by atomic mass is 35.5. The molecule has 1 aromatic rings. The van der Waals surface area contributed by atoms with Crippen LogP contribution in [0.25, 0.3) is 0 Å². The van der Waals surface area contributed by atoms with Gasteiger partial charge in [0.15, 0.2) is 0 Å². The summed E-state index contributed by atoms with van der Waals surface area (Å²) in [5, 5.41) is 9.84. The number of benzene rings is 1. The van der Waals surface area contributed by atoms with E-state index in [0.29, 0.717) is 17.5 Å². The van der Waals surface area contributed by atoms with Crippen LogP contribution in [0.4, 0.5) is 5.69 Å². The van der Waals surface area contributed by atoms with Crippen LogP contribution >= 0.6 is 11.6 Å². The van der Waals surface area contributed by atoms with Crippen molar-refractivity contribution in [3.8, 4) is 0 Å². The Labute approximate surface area is 130 Å². The summed E-state index contributed by atoms with van der Waals surface area (Å²) in [7, 11) is 0. The third-order valence-electron chi connectivity index (χ3n) is 3.92. The molecule has 1 aromatic carbocycles. The number of ether oxygens (including phenoxy) is 1. The molecular formula is C16H22ClNO3. The smallest absolute Gasteiger partial charge is 0.323 e. The molecule has 4 nitrogen and oxygen atoms in total. The predicted octanol–water partition coefficient (Wildman–Crippen LogP) is 3.43. The highest BCUT2D eigenvalue weighted by molar-refractivity contribution is 6.30. The van der Waals surface area contributed by atoms with Crippen molar-refractivity contribution in [1.29, 1.82) is 0 Å². The molecule has 2 atom stereocenters. The van der Waals surface area contributed by atoms with Gasteiger partial charge in [-0.3, -0.25) is 4.79 Å². The van der Waals surface area contributed by atoms with E-state index < -0.39 is 5.97 Å². The molecule has 21 heavy (non-hydrogen) atoms. The quantitative estimate of drug-likeness (QED) is 0.905. The van der Waals surface area contributed by atoms with Gasteiger partial charge < -0.3 is 14.7 Å². The fraction of sp³-hybridized carbons (Fsp3) is 0.562. The first kappa shape index (κ1) is 16.1. The Morgan fingerprint density at radius 3 is 2.90 bits per heavy atom. The van der Waals surface area contributed by atoms with Crippen molar-refractivity contribution in [2.45, 2.75) is 38.8 Å². The predicted molar refractivity (Wildman–Crippen MR) is 84.0 cm³/mol. The zero-order valence-electron chi connectivity index (χ0n) is 12.5. The molecule has 0 spiro atoms. The monoisotopic (exact) mass is 311 g/mol. The van der Waals surface area contributed by atoms with Crippen LogP contribution < -0.4 is 4.90 Å². The lowest BCUT2D eigenvalue weighted by Gasteiger charge is -2.39. The van der Waals surface area contributed by atoms with Crippen LogP contribution in [-0.4, -0.2) is 36.4 Å². The van der Waals surface area contributed by atoms with Crippen molar-refractivity contribution in [2.24, 2.45) is 5.92 Å². The second-order valence-corrected chi connectivity index (χ2v) is 6.27. The maximum Gasteiger partial charge on any atom is 0.323 e. The van der Waals surface area contributed by atoms with Crippen LogP contribution in [0.2, 0.25) is 5.02 Å². The summed E-state index contributed by atoms with van der Waals surface area (Å²) in [5.74, 6) is -0.401. The van der Waals surface area contributed by atoms with Crippen LogP contribution in [0.1, 0.15) is 26.7 Å². The van der Waals surface area contributed by atoms with Crippen molar-refractivity contribution in [3.63, 3.8) is 0 Å². The van der Waals surface area contributed by atoms with Crippen LogP contribution in [0.3, 0.4) is 0 Å². The van der Waals surface area contributed by atoms with Crippen LogP contribution in [0.15, 0.2) is 24.3 Å². The summed E-state index contributed by atoms with van der Waals surface area (Å²) in [5.41, 5.74) is 0.860. The second-order valence-electron chi connectivity index (χ2n) is 5.83. The Hall–Kier alpha value is -1.26. The lowest BCUT2D eigenvalue weighted by Crippen LogP contribution is -2.46. The number of hydrogen-bond donors (Lipinski definition) is 1. The number of rotatable bonds is 5. The van der Waals surface area contributed by atoms with Crippen LogP contribution in [0.5, 0.6) is 0 Å². The Bertz CT molecular complexity index is 492. The third-order valence-corrected chi connectivity index (χ3v) is 4.15. The maximum atomic E-state index is 11.2. The molecule has 5 heteroatoms. The van der Waals surface area contributed by atoms with Crippen molar-refractivity contribution in [3.05, 3.63) is 29.3 Å². The Kier molecular flexibility index (Phi) is 5.48. The van der Waals surface area contributed by atoms with E-state index in [-0.39, 0.29) is 18.7 Å². The van der Waals surface area contributed by atoms with E-state index in [1.807, 2.05) is 23.1 Å². The maximum absolute atomic E-state index is 11.2. The van der Waals surface area contributed by atoms with Crippen LogP contribution in [0, 0.1) is 5.92 Å². The van der Waals surface area contributed by atoms with E-state index in [0.717, 1.165) is 18.5 Å². The van der Waals surface area contributed by atoms with Gasteiger partial charge in [0.2, 0.25) is 0 Å². The lowest BCUT2D eigenvalue weighted by molar-refractivity contribution is -0.135. The number of hydrogen-bond acceptors (Lipinski definition) is 3. The largest absolute Gasteiger partial charge is 0.480 e. The summed E-state index contributed by atoms with van der Waals surface area (Å²) in [6.45, 7) is 4.92. The van der Waals surface area contributed by atoms with Crippen molar-refractivity contribution in [2.75, 3.05) is 18.1 Å². The average molecular weight is 312 g/mol. The normalized spacial score (nSPS) is 22.3.